The third kappa shape index (κ3) is 0.832. The summed E-state index contributed by atoms with van der Waals surface area (Å²) in [6.07, 6.45) is 1.60. The Morgan fingerprint density at radius 2 is 2.36 bits per heavy atom. The Morgan fingerprint density at radius 3 is 3.09 bits per heavy atom. The summed E-state index contributed by atoms with van der Waals surface area (Å²) in [5, 5.41) is 7.68. The lowest BCUT2D eigenvalue weighted by Crippen LogP contribution is -1.84. The lowest BCUT2D eigenvalue weighted by molar-refractivity contribution is 1.10. The molecule has 0 saturated carbocycles. The van der Waals surface area contributed by atoms with Gasteiger partial charge in [0.15, 0.2) is 11.5 Å². The minimum absolute atomic E-state index is 0.387. The van der Waals surface area contributed by atoms with Gasteiger partial charge in [-0.2, -0.15) is 5.10 Å². The van der Waals surface area contributed by atoms with Crippen molar-refractivity contribution in [1.29, 1.82) is 0 Å². The number of anilines is 1. The SMILES string of the molecule is Nc1n[nH]c2nccc(Cl)c12. The maximum Gasteiger partial charge on any atom is 0.158 e. The van der Waals surface area contributed by atoms with Crippen LogP contribution in [0.3, 0.4) is 0 Å². The quantitative estimate of drug-likeness (QED) is 0.621. The zero-order valence-electron chi connectivity index (χ0n) is 5.50. The first-order valence-corrected chi connectivity index (χ1v) is 3.41. The number of rotatable bonds is 0. The molecule has 0 atom stereocenters. The standard InChI is InChI=1S/C6H5ClN4/c7-3-1-2-9-6-4(3)5(8)10-11-6/h1-2H,(H3,8,9,10,11). The number of aromatic nitrogens is 3. The van der Waals surface area contributed by atoms with Crippen LogP contribution in [-0.4, -0.2) is 15.2 Å². The maximum absolute atomic E-state index is 5.82. The zero-order valence-corrected chi connectivity index (χ0v) is 6.26. The Balaban J connectivity index is 2.96. The first kappa shape index (κ1) is 6.42. The predicted octanol–water partition coefficient (Wildman–Crippen LogP) is 1.19. The van der Waals surface area contributed by atoms with Crippen LogP contribution in [0.4, 0.5) is 5.82 Å². The minimum Gasteiger partial charge on any atom is -0.382 e. The second-order valence-electron chi connectivity index (χ2n) is 2.13. The maximum atomic E-state index is 5.82. The third-order valence-electron chi connectivity index (χ3n) is 1.44. The number of nitrogen functional groups attached to an aromatic ring is 1. The molecule has 0 spiro atoms. The summed E-state index contributed by atoms with van der Waals surface area (Å²) in [4.78, 5) is 3.98. The summed E-state index contributed by atoms with van der Waals surface area (Å²) in [5.41, 5.74) is 6.13. The molecule has 0 radical (unpaired) electrons. The van der Waals surface area contributed by atoms with Crippen LogP contribution in [0.5, 0.6) is 0 Å². The molecule has 0 aliphatic rings. The van der Waals surface area contributed by atoms with Crippen molar-refractivity contribution in [3.05, 3.63) is 17.3 Å². The second kappa shape index (κ2) is 2.10. The van der Waals surface area contributed by atoms with Crippen LogP contribution in [-0.2, 0) is 0 Å². The average molecular weight is 169 g/mol. The van der Waals surface area contributed by atoms with Gasteiger partial charge in [0.2, 0.25) is 0 Å². The fourth-order valence-corrected chi connectivity index (χ4v) is 1.18. The van der Waals surface area contributed by atoms with E-state index in [0.717, 1.165) is 0 Å². The molecule has 0 saturated heterocycles. The molecule has 0 amide bonds. The van der Waals surface area contributed by atoms with Gasteiger partial charge in [0, 0.05) is 6.20 Å². The van der Waals surface area contributed by atoms with E-state index in [1.54, 1.807) is 12.3 Å². The van der Waals surface area contributed by atoms with Crippen molar-refractivity contribution in [1.82, 2.24) is 15.2 Å². The normalized spacial score (nSPS) is 10.6. The van der Waals surface area contributed by atoms with Crippen molar-refractivity contribution in [3.63, 3.8) is 0 Å². The van der Waals surface area contributed by atoms with Gasteiger partial charge in [-0.1, -0.05) is 11.6 Å². The summed E-state index contributed by atoms with van der Waals surface area (Å²) in [7, 11) is 0. The van der Waals surface area contributed by atoms with Crippen molar-refractivity contribution in [3.8, 4) is 0 Å². The lowest BCUT2D eigenvalue weighted by Gasteiger charge is -1.90. The topological polar surface area (TPSA) is 67.6 Å². The van der Waals surface area contributed by atoms with Crippen LogP contribution in [0.15, 0.2) is 12.3 Å². The highest BCUT2D eigenvalue weighted by atomic mass is 35.5. The van der Waals surface area contributed by atoms with E-state index >= 15 is 0 Å². The number of aromatic amines is 1. The van der Waals surface area contributed by atoms with Gasteiger partial charge in [0.1, 0.15) is 0 Å². The predicted molar refractivity (Wildman–Crippen MR) is 43.3 cm³/mol. The summed E-state index contributed by atoms with van der Waals surface area (Å²) < 4.78 is 0. The molecule has 2 aromatic rings. The molecule has 0 aliphatic carbocycles. The van der Waals surface area contributed by atoms with E-state index in [0.29, 0.717) is 21.9 Å². The number of halogens is 1. The van der Waals surface area contributed by atoms with Crippen molar-refractivity contribution >= 4 is 28.5 Å². The Morgan fingerprint density at radius 1 is 1.55 bits per heavy atom. The highest BCUT2D eigenvalue weighted by molar-refractivity contribution is 6.36. The monoisotopic (exact) mass is 168 g/mol. The Kier molecular flexibility index (Phi) is 1.22. The minimum atomic E-state index is 0.387. The number of nitrogens with zero attached hydrogens (tertiary/aromatic N) is 2. The first-order chi connectivity index (χ1) is 5.29. The Hall–Kier alpha value is -1.29. The molecule has 3 N–H and O–H groups in total. The zero-order chi connectivity index (χ0) is 7.84. The van der Waals surface area contributed by atoms with Crippen molar-refractivity contribution in [2.75, 3.05) is 5.73 Å². The van der Waals surface area contributed by atoms with E-state index in [9.17, 15) is 0 Å². The van der Waals surface area contributed by atoms with Gasteiger partial charge in [-0.05, 0) is 6.07 Å². The lowest BCUT2D eigenvalue weighted by atomic mass is 10.3. The first-order valence-electron chi connectivity index (χ1n) is 3.03. The van der Waals surface area contributed by atoms with E-state index in [1.807, 2.05) is 0 Å². The summed E-state index contributed by atoms with van der Waals surface area (Å²) in [6, 6.07) is 1.68. The fourth-order valence-electron chi connectivity index (χ4n) is 0.936. The Labute approximate surface area is 67.4 Å². The van der Waals surface area contributed by atoms with Gasteiger partial charge >= 0.3 is 0 Å². The number of nitrogens with one attached hydrogen (secondary N) is 1. The second-order valence-corrected chi connectivity index (χ2v) is 2.53. The van der Waals surface area contributed by atoms with Gasteiger partial charge in [-0.15, -0.1) is 0 Å². The van der Waals surface area contributed by atoms with E-state index in [2.05, 4.69) is 15.2 Å². The van der Waals surface area contributed by atoms with E-state index in [1.165, 1.54) is 0 Å². The van der Waals surface area contributed by atoms with Gasteiger partial charge < -0.3 is 5.73 Å². The number of nitrogens with two attached hydrogens (primary N) is 1. The molecular formula is C6H5ClN4. The van der Waals surface area contributed by atoms with E-state index < -0.39 is 0 Å². The number of pyridine rings is 1. The molecule has 0 aromatic carbocycles. The van der Waals surface area contributed by atoms with E-state index in [4.69, 9.17) is 17.3 Å². The molecule has 2 aromatic heterocycles. The molecule has 2 rings (SSSR count). The molecule has 11 heavy (non-hydrogen) atoms. The molecule has 5 heteroatoms. The van der Waals surface area contributed by atoms with Crippen LogP contribution >= 0.6 is 11.6 Å². The number of hydrogen-bond acceptors (Lipinski definition) is 3. The number of hydrogen-bond donors (Lipinski definition) is 2. The highest BCUT2D eigenvalue weighted by Gasteiger charge is 2.05. The van der Waals surface area contributed by atoms with E-state index in [-0.39, 0.29) is 0 Å². The van der Waals surface area contributed by atoms with Crippen LogP contribution in [0.2, 0.25) is 5.02 Å². The molecule has 0 unspecified atom stereocenters. The van der Waals surface area contributed by atoms with Crippen molar-refractivity contribution in [2.45, 2.75) is 0 Å². The summed E-state index contributed by atoms with van der Waals surface area (Å²) in [5.74, 6) is 0.387. The van der Waals surface area contributed by atoms with Gasteiger partial charge in [-0.3, -0.25) is 5.10 Å². The number of H-pyrrole nitrogens is 1. The summed E-state index contributed by atoms with van der Waals surface area (Å²) >= 11 is 5.82. The molecule has 0 fully saturated rings. The Bertz CT molecular complexity index is 394. The van der Waals surface area contributed by atoms with Gasteiger partial charge in [0.25, 0.3) is 0 Å². The number of fused-ring (bicyclic) bond motifs is 1. The molecule has 4 nitrogen and oxygen atoms in total. The largest absolute Gasteiger partial charge is 0.382 e. The molecule has 0 aliphatic heterocycles. The van der Waals surface area contributed by atoms with Crippen LogP contribution in [0.1, 0.15) is 0 Å². The van der Waals surface area contributed by atoms with Gasteiger partial charge in [0.05, 0.1) is 10.4 Å². The molecular weight excluding hydrogens is 164 g/mol. The van der Waals surface area contributed by atoms with Crippen molar-refractivity contribution < 1.29 is 0 Å². The molecule has 0 bridgehead atoms. The summed E-state index contributed by atoms with van der Waals surface area (Å²) in [6.45, 7) is 0. The van der Waals surface area contributed by atoms with Gasteiger partial charge in [-0.25, -0.2) is 4.98 Å². The smallest absolute Gasteiger partial charge is 0.158 e. The fraction of sp³-hybridized carbons (Fsp3) is 0. The highest BCUT2D eigenvalue weighted by Crippen LogP contribution is 2.23. The van der Waals surface area contributed by atoms with Crippen molar-refractivity contribution in [2.24, 2.45) is 0 Å². The average Bonchev–Trinajstić information content (AvgIpc) is 2.34. The third-order valence-corrected chi connectivity index (χ3v) is 1.75. The van der Waals surface area contributed by atoms with Crippen LogP contribution in [0.25, 0.3) is 11.0 Å². The van der Waals surface area contributed by atoms with Crippen LogP contribution in [0, 0.1) is 0 Å². The molecule has 56 valence electrons. The van der Waals surface area contributed by atoms with Crippen LogP contribution < -0.4 is 5.73 Å². The molecule has 2 heterocycles.